The number of carbonyl (C=O) groups excluding carboxylic acids is 1. The summed E-state index contributed by atoms with van der Waals surface area (Å²) in [5.74, 6) is -0.183. The van der Waals surface area contributed by atoms with Gasteiger partial charge in [0.2, 0.25) is 0 Å². The van der Waals surface area contributed by atoms with Gasteiger partial charge in [-0.15, -0.1) is 0 Å². The number of rotatable bonds is 5. The van der Waals surface area contributed by atoms with Crippen LogP contribution in [0, 0.1) is 6.92 Å². The molecule has 4 heteroatoms. The lowest BCUT2D eigenvalue weighted by molar-refractivity contribution is 0.0915. The second kappa shape index (κ2) is 7.38. The molecule has 0 unspecified atom stereocenters. The fourth-order valence-corrected chi connectivity index (χ4v) is 2.80. The summed E-state index contributed by atoms with van der Waals surface area (Å²) >= 11 is 3.40. The van der Waals surface area contributed by atoms with Crippen LogP contribution in [0.15, 0.2) is 53.0 Å². The summed E-state index contributed by atoms with van der Waals surface area (Å²) in [6.45, 7) is 1.88. The normalized spacial score (nSPS) is 12.0. The molecule has 0 radical (unpaired) electrons. The first-order valence-corrected chi connectivity index (χ1v) is 7.61. The van der Waals surface area contributed by atoms with Crippen LogP contribution in [-0.2, 0) is 6.42 Å². The predicted molar refractivity (Wildman–Crippen MR) is 87.4 cm³/mol. The van der Waals surface area contributed by atoms with Crippen molar-refractivity contribution in [1.29, 1.82) is 0 Å². The third kappa shape index (κ3) is 4.41. The Morgan fingerprint density at radius 2 is 1.95 bits per heavy atom. The van der Waals surface area contributed by atoms with Crippen LogP contribution < -0.4 is 5.32 Å². The second-order valence-electron chi connectivity index (χ2n) is 5.03. The minimum atomic E-state index is -0.298. The molecule has 0 saturated heterocycles. The molecular weight excluding hydrogens is 330 g/mol. The Morgan fingerprint density at radius 3 is 2.57 bits per heavy atom. The zero-order valence-electron chi connectivity index (χ0n) is 11.8. The molecule has 2 aromatic carbocycles. The zero-order chi connectivity index (χ0) is 15.2. The molecule has 1 amide bonds. The van der Waals surface area contributed by atoms with Crippen molar-refractivity contribution in [3.8, 4) is 0 Å². The number of carbonyl (C=O) groups is 1. The molecule has 0 spiro atoms. The second-order valence-corrected chi connectivity index (χ2v) is 5.88. The lowest BCUT2D eigenvalue weighted by Gasteiger charge is -2.17. The smallest absolute Gasteiger partial charge is 0.252 e. The van der Waals surface area contributed by atoms with E-state index in [1.165, 1.54) is 0 Å². The molecule has 0 fully saturated rings. The molecule has 0 heterocycles. The molecular formula is C17H18BrNO2. The first-order chi connectivity index (χ1) is 10.1. The van der Waals surface area contributed by atoms with E-state index in [1.807, 2.05) is 49.4 Å². The molecule has 0 aliphatic carbocycles. The highest BCUT2D eigenvalue weighted by Crippen LogP contribution is 2.18. The van der Waals surface area contributed by atoms with Gasteiger partial charge in [0.25, 0.3) is 5.91 Å². The molecule has 0 saturated carbocycles. The number of amides is 1. The summed E-state index contributed by atoms with van der Waals surface area (Å²) in [5.41, 5.74) is 2.74. The van der Waals surface area contributed by atoms with Gasteiger partial charge < -0.3 is 10.4 Å². The van der Waals surface area contributed by atoms with Crippen molar-refractivity contribution in [1.82, 2.24) is 5.32 Å². The Kier molecular flexibility index (Phi) is 5.53. The Bertz CT molecular complexity index is 613. The van der Waals surface area contributed by atoms with Gasteiger partial charge in [-0.1, -0.05) is 36.4 Å². The van der Waals surface area contributed by atoms with E-state index in [4.69, 9.17) is 0 Å². The number of aliphatic hydroxyl groups excluding tert-OH is 1. The number of aryl methyl sites for hydroxylation is 1. The van der Waals surface area contributed by atoms with E-state index in [1.54, 1.807) is 6.07 Å². The Hall–Kier alpha value is -1.65. The molecule has 1 atom stereocenters. The molecule has 0 aliphatic heterocycles. The van der Waals surface area contributed by atoms with Crippen molar-refractivity contribution in [3.63, 3.8) is 0 Å². The highest BCUT2D eigenvalue weighted by molar-refractivity contribution is 9.10. The third-order valence-electron chi connectivity index (χ3n) is 3.25. The van der Waals surface area contributed by atoms with Crippen LogP contribution in [-0.4, -0.2) is 23.7 Å². The lowest BCUT2D eigenvalue weighted by atomic mass is 10.1. The van der Waals surface area contributed by atoms with E-state index in [0.717, 1.165) is 15.6 Å². The maximum atomic E-state index is 12.3. The van der Waals surface area contributed by atoms with E-state index in [0.29, 0.717) is 12.0 Å². The highest BCUT2D eigenvalue weighted by Gasteiger charge is 2.15. The summed E-state index contributed by atoms with van der Waals surface area (Å²) in [6.07, 6.45) is 0.604. The van der Waals surface area contributed by atoms with Crippen LogP contribution >= 0.6 is 15.9 Å². The minimum absolute atomic E-state index is 0.0931. The average molecular weight is 348 g/mol. The van der Waals surface area contributed by atoms with Crippen molar-refractivity contribution >= 4 is 21.8 Å². The van der Waals surface area contributed by atoms with E-state index < -0.39 is 0 Å². The molecule has 2 rings (SSSR count). The fraction of sp³-hybridized carbons (Fsp3) is 0.235. The Balaban J connectivity index is 2.06. The van der Waals surface area contributed by atoms with Crippen LogP contribution in [0.5, 0.6) is 0 Å². The molecule has 2 aromatic rings. The van der Waals surface area contributed by atoms with Gasteiger partial charge in [-0.25, -0.2) is 0 Å². The number of hydrogen-bond acceptors (Lipinski definition) is 2. The first kappa shape index (κ1) is 15.7. The summed E-state index contributed by atoms with van der Waals surface area (Å²) < 4.78 is 0.761. The maximum Gasteiger partial charge on any atom is 0.252 e. The van der Waals surface area contributed by atoms with Crippen molar-refractivity contribution in [3.05, 3.63) is 69.7 Å². The van der Waals surface area contributed by atoms with Crippen LogP contribution in [0.2, 0.25) is 0 Å². The van der Waals surface area contributed by atoms with Gasteiger partial charge in [0.1, 0.15) is 0 Å². The Morgan fingerprint density at radius 1 is 1.24 bits per heavy atom. The summed E-state index contributed by atoms with van der Waals surface area (Å²) in [7, 11) is 0. The largest absolute Gasteiger partial charge is 0.394 e. The SMILES string of the molecule is Cc1ccc(C(=O)N[C@H](CO)Cc2ccccc2)c(Br)c1. The molecule has 110 valence electrons. The van der Waals surface area contributed by atoms with E-state index in [-0.39, 0.29) is 18.6 Å². The number of nitrogens with one attached hydrogen (secondary N) is 1. The number of benzene rings is 2. The van der Waals surface area contributed by atoms with E-state index in [9.17, 15) is 9.90 Å². The number of halogens is 1. The molecule has 21 heavy (non-hydrogen) atoms. The zero-order valence-corrected chi connectivity index (χ0v) is 13.4. The molecule has 2 N–H and O–H groups in total. The van der Waals surface area contributed by atoms with Gasteiger partial charge in [-0.05, 0) is 52.5 Å². The van der Waals surface area contributed by atoms with Gasteiger partial charge in [-0.2, -0.15) is 0 Å². The van der Waals surface area contributed by atoms with Gasteiger partial charge in [0.05, 0.1) is 18.2 Å². The van der Waals surface area contributed by atoms with Crippen molar-refractivity contribution in [2.45, 2.75) is 19.4 Å². The van der Waals surface area contributed by atoms with Gasteiger partial charge in [-0.3, -0.25) is 4.79 Å². The summed E-state index contributed by atoms with van der Waals surface area (Å²) in [4.78, 5) is 12.3. The van der Waals surface area contributed by atoms with Crippen LogP contribution in [0.1, 0.15) is 21.5 Å². The maximum absolute atomic E-state index is 12.3. The molecule has 0 aromatic heterocycles. The average Bonchev–Trinajstić information content (AvgIpc) is 2.47. The number of aliphatic hydroxyl groups is 1. The first-order valence-electron chi connectivity index (χ1n) is 6.82. The van der Waals surface area contributed by atoms with E-state index in [2.05, 4.69) is 21.2 Å². The van der Waals surface area contributed by atoms with Crippen LogP contribution in [0.3, 0.4) is 0 Å². The molecule has 0 aliphatic rings. The minimum Gasteiger partial charge on any atom is -0.394 e. The van der Waals surface area contributed by atoms with Crippen molar-refractivity contribution < 1.29 is 9.90 Å². The van der Waals surface area contributed by atoms with Crippen LogP contribution in [0.4, 0.5) is 0 Å². The topological polar surface area (TPSA) is 49.3 Å². The van der Waals surface area contributed by atoms with Gasteiger partial charge in [0, 0.05) is 4.47 Å². The molecule has 3 nitrogen and oxygen atoms in total. The van der Waals surface area contributed by atoms with Gasteiger partial charge >= 0.3 is 0 Å². The van der Waals surface area contributed by atoms with E-state index >= 15 is 0 Å². The third-order valence-corrected chi connectivity index (χ3v) is 3.91. The molecule has 0 bridgehead atoms. The summed E-state index contributed by atoms with van der Waals surface area (Å²) in [5, 5.41) is 12.3. The lowest BCUT2D eigenvalue weighted by Crippen LogP contribution is -2.39. The quantitative estimate of drug-likeness (QED) is 0.872. The summed E-state index contributed by atoms with van der Waals surface area (Å²) in [6, 6.07) is 15.1. The van der Waals surface area contributed by atoms with Crippen molar-refractivity contribution in [2.75, 3.05) is 6.61 Å². The van der Waals surface area contributed by atoms with Crippen LogP contribution in [0.25, 0.3) is 0 Å². The Labute approximate surface area is 133 Å². The predicted octanol–water partition coefficient (Wildman–Crippen LogP) is 3.09. The standard InChI is InChI=1S/C17H18BrNO2/c1-12-7-8-15(16(18)9-12)17(21)19-14(11-20)10-13-5-3-2-4-6-13/h2-9,14,20H,10-11H2,1H3,(H,19,21)/t14-/m0/s1. The monoisotopic (exact) mass is 347 g/mol. The number of hydrogen-bond donors (Lipinski definition) is 2. The van der Waals surface area contributed by atoms with Gasteiger partial charge in [0.15, 0.2) is 0 Å². The fourth-order valence-electron chi connectivity index (χ4n) is 2.13. The highest BCUT2D eigenvalue weighted by atomic mass is 79.9. The van der Waals surface area contributed by atoms with Crippen molar-refractivity contribution in [2.24, 2.45) is 0 Å².